The molecule has 2 rings (SSSR count). The largest absolute Gasteiger partial charge is 0.391 e. The van der Waals surface area contributed by atoms with Crippen LogP contribution in [0, 0.1) is 11.8 Å². The Morgan fingerprint density at radius 2 is 2.16 bits per heavy atom. The fraction of sp³-hybridized carbons (Fsp3) is 0.714. The van der Waals surface area contributed by atoms with Gasteiger partial charge in [0.1, 0.15) is 0 Å². The third kappa shape index (κ3) is 4.21. The molecule has 108 valence electrons. The molecule has 0 radical (unpaired) electrons. The van der Waals surface area contributed by atoms with E-state index in [4.69, 9.17) is 5.73 Å². The average molecular weight is 291 g/mol. The molecule has 1 heterocycles. The van der Waals surface area contributed by atoms with Gasteiger partial charge < -0.3 is 5.73 Å². The van der Waals surface area contributed by atoms with E-state index in [2.05, 4.69) is 6.07 Å². The van der Waals surface area contributed by atoms with Crippen molar-refractivity contribution in [3.05, 3.63) is 22.4 Å². The summed E-state index contributed by atoms with van der Waals surface area (Å²) in [6, 6.07) is 3.94. The second kappa shape index (κ2) is 6.27. The zero-order valence-electron chi connectivity index (χ0n) is 10.8. The highest BCUT2D eigenvalue weighted by Crippen LogP contribution is 2.41. The maximum atomic E-state index is 12.7. The summed E-state index contributed by atoms with van der Waals surface area (Å²) in [5.41, 5.74) is 6.11. The molecule has 1 aromatic rings. The fourth-order valence-corrected chi connectivity index (χ4v) is 3.64. The molecule has 0 spiro atoms. The summed E-state index contributed by atoms with van der Waals surface area (Å²) in [7, 11) is 0. The van der Waals surface area contributed by atoms with Gasteiger partial charge in [0.05, 0.1) is 5.92 Å². The minimum absolute atomic E-state index is 0.0281. The Hall–Kier alpha value is -0.550. The van der Waals surface area contributed by atoms with Gasteiger partial charge in [0.25, 0.3) is 0 Å². The smallest absolute Gasteiger partial charge is 0.327 e. The molecule has 19 heavy (non-hydrogen) atoms. The van der Waals surface area contributed by atoms with Crippen LogP contribution in [0.5, 0.6) is 0 Å². The van der Waals surface area contributed by atoms with Crippen molar-refractivity contribution in [1.29, 1.82) is 0 Å². The molecule has 0 saturated heterocycles. The van der Waals surface area contributed by atoms with Crippen LogP contribution in [-0.2, 0) is 6.42 Å². The Labute approximate surface area is 116 Å². The van der Waals surface area contributed by atoms with E-state index in [0.29, 0.717) is 6.42 Å². The van der Waals surface area contributed by atoms with Crippen LogP contribution in [0.2, 0.25) is 0 Å². The number of aryl methyl sites for hydroxylation is 1. The number of alkyl halides is 3. The molecule has 1 fully saturated rings. The molecule has 1 saturated carbocycles. The highest BCUT2D eigenvalue weighted by Gasteiger charge is 2.42. The Morgan fingerprint density at radius 3 is 2.79 bits per heavy atom. The first-order valence-electron chi connectivity index (χ1n) is 6.81. The van der Waals surface area contributed by atoms with Gasteiger partial charge in [-0.05, 0) is 49.5 Å². The molecule has 1 nitrogen and oxygen atoms in total. The van der Waals surface area contributed by atoms with Gasteiger partial charge in [-0.2, -0.15) is 13.2 Å². The van der Waals surface area contributed by atoms with Crippen LogP contribution >= 0.6 is 11.3 Å². The van der Waals surface area contributed by atoms with Crippen molar-refractivity contribution in [2.75, 3.05) is 0 Å². The first-order valence-corrected chi connectivity index (χ1v) is 7.69. The van der Waals surface area contributed by atoms with E-state index in [9.17, 15) is 13.2 Å². The SMILES string of the molecule is NC(CCc1cccs1)C1CCCC(C(F)(F)F)C1. The van der Waals surface area contributed by atoms with Gasteiger partial charge in [-0.1, -0.05) is 12.5 Å². The molecule has 3 unspecified atom stereocenters. The number of thiophene rings is 1. The summed E-state index contributed by atoms with van der Waals surface area (Å²) >= 11 is 1.68. The van der Waals surface area contributed by atoms with Gasteiger partial charge in [-0.15, -0.1) is 11.3 Å². The number of hydrogen-bond donors (Lipinski definition) is 1. The standard InChI is InChI=1S/C14H20F3NS/c15-14(16,17)11-4-1-3-10(9-11)13(18)7-6-12-5-2-8-19-12/h2,5,8,10-11,13H,1,3-4,6-7,9,18H2. The van der Waals surface area contributed by atoms with Crippen molar-refractivity contribution in [2.24, 2.45) is 17.6 Å². The maximum Gasteiger partial charge on any atom is 0.391 e. The molecule has 0 bridgehead atoms. The van der Waals surface area contributed by atoms with Crippen LogP contribution in [0.1, 0.15) is 37.0 Å². The Bertz CT molecular complexity index is 375. The summed E-state index contributed by atoms with van der Waals surface area (Å²) < 4.78 is 38.2. The average Bonchev–Trinajstić information content (AvgIpc) is 2.88. The lowest BCUT2D eigenvalue weighted by Gasteiger charge is -2.33. The summed E-state index contributed by atoms with van der Waals surface area (Å²) in [5.74, 6) is -1.11. The monoisotopic (exact) mass is 291 g/mol. The van der Waals surface area contributed by atoms with Crippen LogP contribution < -0.4 is 5.73 Å². The minimum atomic E-state index is -4.05. The molecule has 5 heteroatoms. The van der Waals surface area contributed by atoms with E-state index in [1.165, 1.54) is 4.88 Å². The lowest BCUT2D eigenvalue weighted by atomic mass is 9.76. The molecule has 1 aliphatic carbocycles. The van der Waals surface area contributed by atoms with Gasteiger partial charge in [0, 0.05) is 10.9 Å². The van der Waals surface area contributed by atoms with Gasteiger partial charge in [-0.25, -0.2) is 0 Å². The summed E-state index contributed by atoms with van der Waals surface area (Å²) in [6.07, 6.45) is -0.388. The first kappa shape index (κ1) is 14.9. The summed E-state index contributed by atoms with van der Waals surface area (Å²) in [6.45, 7) is 0. The van der Waals surface area contributed by atoms with Gasteiger partial charge in [0.2, 0.25) is 0 Å². The number of nitrogens with two attached hydrogens (primary N) is 1. The summed E-state index contributed by atoms with van der Waals surface area (Å²) in [4.78, 5) is 1.26. The van der Waals surface area contributed by atoms with Crippen molar-refractivity contribution >= 4 is 11.3 Å². The van der Waals surface area contributed by atoms with Crippen LogP contribution in [0.4, 0.5) is 13.2 Å². The zero-order valence-corrected chi connectivity index (χ0v) is 11.6. The second-order valence-electron chi connectivity index (χ2n) is 5.45. The molecule has 1 aromatic heterocycles. The van der Waals surface area contributed by atoms with Crippen molar-refractivity contribution in [3.8, 4) is 0 Å². The number of halogens is 3. The van der Waals surface area contributed by atoms with Gasteiger partial charge >= 0.3 is 6.18 Å². The second-order valence-corrected chi connectivity index (χ2v) is 6.48. The topological polar surface area (TPSA) is 26.0 Å². The lowest BCUT2D eigenvalue weighted by Crippen LogP contribution is -2.37. The van der Waals surface area contributed by atoms with Crippen LogP contribution in [0.25, 0.3) is 0 Å². The quantitative estimate of drug-likeness (QED) is 0.875. The minimum Gasteiger partial charge on any atom is -0.327 e. The van der Waals surface area contributed by atoms with Crippen molar-refractivity contribution < 1.29 is 13.2 Å². The first-order chi connectivity index (χ1) is 8.97. The summed E-state index contributed by atoms with van der Waals surface area (Å²) in [5, 5.41) is 2.02. The van der Waals surface area contributed by atoms with Gasteiger partial charge in [-0.3, -0.25) is 0 Å². The van der Waals surface area contributed by atoms with Crippen LogP contribution in [0.15, 0.2) is 17.5 Å². The third-order valence-electron chi connectivity index (χ3n) is 4.09. The van der Waals surface area contributed by atoms with E-state index in [0.717, 1.165) is 19.3 Å². The number of hydrogen-bond acceptors (Lipinski definition) is 2. The molecule has 2 N–H and O–H groups in total. The normalized spacial score (nSPS) is 26.3. The van der Waals surface area contributed by atoms with Crippen LogP contribution in [0.3, 0.4) is 0 Å². The van der Waals surface area contributed by atoms with E-state index >= 15 is 0 Å². The molecule has 1 aliphatic rings. The number of rotatable bonds is 4. The van der Waals surface area contributed by atoms with Crippen molar-refractivity contribution in [1.82, 2.24) is 0 Å². The highest BCUT2D eigenvalue weighted by atomic mass is 32.1. The van der Waals surface area contributed by atoms with Crippen molar-refractivity contribution in [2.45, 2.75) is 50.7 Å². The van der Waals surface area contributed by atoms with E-state index in [1.807, 2.05) is 11.4 Å². The molecule has 0 aliphatic heterocycles. The Morgan fingerprint density at radius 1 is 1.37 bits per heavy atom. The molecule has 0 aromatic carbocycles. The molecule has 3 atom stereocenters. The van der Waals surface area contributed by atoms with E-state index in [-0.39, 0.29) is 24.8 Å². The van der Waals surface area contributed by atoms with Crippen LogP contribution in [-0.4, -0.2) is 12.2 Å². The predicted octanol–water partition coefficient (Wildman–Crippen LogP) is 4.38. The third-order valence-corrected chi connectivity index (χ3v) is 5.02. The zero-order chi connectivity index (χ0) is 13.9. The highest BCUT2D eigenvalue weighted by molar-refractivity contribution is 7.09. The Kier molecular flexibility index (Phi) is 4.90. The molecule has 0 amide bonds. The maximum absolute atomic E-state index is 12.7. The van der Waals surface area contributed by atoms with Crippen molar-refractivity contribution in [3.63, 3.8) is 0 Å². The van der Waals surface area contributed by atoms with E-state index < -0.39 is 12.1 Å². The van der Waals surface area contributed by atoms with E-state index in [1.54, 1.807) is 11.3 Å². The Balaban J connectivity index is 1.83. The molecular formula is C14H20F3NS. The van der Waals surface area contributed by atoms with Gasteiger partial charge in [0.15, 0.2) is 0 Å². The lowest BCUT2D eigenvalue weighted by molar-refractivity contribution is -0.186. The predicted molar refractivity (Wildman–Crippen MR) is 72.1 cm³/mol. The molecular weight excluding hydrogens is 271 g/mol. The fourth-order valence-electron chi connectivity index (χ4n) is 2.91.